The molecule has 5 heteroatoms. The number of aromatic amines is 1. The monoisotopic (exact) mass is 185 g/mol. The number of hydrogen-bond donors (Lipinski definition) is 2. The summed E-state index contributed by atoms with van der Waals surface area (Å²) in [6.07, 6.45) is 1.66. The van der Waals surface area contributed by atoms with Gasteiger partial charge in [-0.1, -0.05) is 17.3 Å². The van der Waals surface area contributed by atoms with Crippen molar-refractivity contribution >= 4 is 27.6 Å². The second-order valence-corrected chi connectivity index (χ2v) is 3.07. The lowest BCUT2D eigenvalue weighted by Gasteiger charge is -1.99. The molecule has 0 saturated carbocycles. The number of nitrogens with one attached hydrogen (secondary N) is 1. The van der Waals surface area contributed by atoms with Gasteiger partial charge in [-0.05, 0) is 6.07 Å². The first-order valence-corrected chi connectivity index (χ1v) is 4.20. The predicted molar refractivity (Wildman–Crippen MR) is 53.6 cm³/mol. The standard InChI is InChI=1S/C9H7N5/c10-6-3-1-2-5-8(6)11-4-7-9(5)13-14-12-7/h1-4H,10H2,(H,12,13,14). The largest absolute Gasteiger partial charge is 0.397 e. The third kappa shape index (κ3) is 0.806. The van der Waals surface area contributed by atoms with Crippen molar-refractivity contribution in [2.45, 2.75) is 0 Å². The molecule has 3 N–H and O–H groups in total. The van der Waals surface area contributed by atoms with E-state index in [1.54, 1.807) is 6.20 Å². The molecule has 2 aromatic heterocycles. The Labute approximate surface area is 78.9 Å². The Morgan fingerprint density at radius 2 is 2.21 bits per heavy atom. The van der Waals surface area contributed by atoms with Crippen molar-refractivity contribution in [3.8, 4) is 0 Å². The zero-order valence-corrected chi connectivity index (χ0v) is 7.23. The first kappa shape index (κ1) is 7.25. The van der Waals surface area contributed by atoms with Crippen LogP contribution >= 0.6 is 0 Å². The van der Waals surface area contributed by atoms with E-state index in [-0.39, 0.29) is 0 Å². The van der Waals surface area contributed by atoms with Crippen molar-refractivity contribution < 1.29 is 0 Å². The number of anilines is 1. The van der Waals surface area contributed by atoms with Crippen molar-refractivity contribution in [1.82, 2.24) is 20.4 Å². The van der Waals surface area contributed by atoms with E-state index in [1.165, 1.54) is 0 Å². The smallest absolute Gasteiger partial charge is 0.131 e. The fourth-order valence-corrected chi connectivity index (χ4v) is 1.56. The number of aromatic nitrogens is 4. The summed E-state index contributed by atoms with van der Waals surface area (Å²) in [5.41, 5.74) is 8.88. The Morgan fingerprint density at radius 3 is 3.14 bits per heavy atom. The highest BCUT2D eigenvalue weighted by molar-refractivity contribution is 6.05. The maximum Gasteiger partial charge on any atom is 0.131 e. The number of pyridine rings is 1. The molecule has 14 heavy (non-hydrogen) atoms. The van der Waals surface area contributed by atoms with Crippen LogP contribution in [0.3, 0.4) is 0 Å². The zero-order valence-electron chi connectivity index (χ0n) is 7.23. The molecule has 0 amide bonds. The van der Waals surface area contributed by atoms with Crippen LogP contribution in [-0.2, 0) is 0 Å². The molecule has 0 unspecified atom stereocenters. The summed E-state index contributed by atoms with van der Waals surface area (Å²) in [5.74, 6) is 0. The van der Waals surface area contributed by atoms with Crippen LogP contribution in [0.1, 0.15) is 0 Å². The third-order valence-electron chi connectivity index (χ3n) is 2.23. The van der Waals surface area contributed by atoms with Crippen LogP contribution in [0.4, 0.5) is 5.69 Å². The molecule has 3 rings (SSSR count). The summed E-state index contributed by atoms with van der Waals surface area (Å²) in [6.45, 7) is 0. The van der Waals surface area contributed by atoms with Gasteiger partial charge < -0.3 is 5.73 Å². The molecule has 0 fully saturated rings. The van der Waals surface area contributed by atoms with Crippen LogP contribution in [0.2, 0.25) is 0 Å². The summed E-state index contributed by atoms with van der Waals surface area (Å²) in [4.78, 5) is 4.23. The third-order valence-corrected chi connectivity index (χ3v) is 2.23. The Morgan fingerprint density at radius 1 is 1.29 bits per heavy atom. The Kier molecular flexibility index (Phi) is 1.25. The van der Waals surface area contributed by atoms with Crippen LogP contribution in [0.25, 0.3) is 21.9 Å². The summed E-state index contributed by atoms with van der Waals surface area (Å²) >= 11 is 0. The summed E-state index contributed by atoms with van der Waals surface area (Å²) < 4.78 is 0. The fourth-order valence-electron chi connectivity index (χ4n) is 1.56. The number of nitrogens with two attached hydrogens (primary N) is 1. The molecule has 0 bridgehead atoms. The Balaban J connectivity index is 2.64. The van der Waals surface area contributed by atoms with Gasteiger partial charge in [0, 0.05) is 5.39 Å². The van der Waals surface area contributed by atoms with Gasteiger partial charge in [-0.2, -0.15) is 0 Å². The summed E-state index contributed by atoms with van der Waals surface area (Å²) in [7, 11) is 0. The van der Waals surface area contributed by atoms with Crippen molar-refractivity contribution in [3.05, 3.63) is 24.4 Å². The molecular formula is C9H7N5. The number of rotatable bonds is 0. The number of hydrogen-bond acceptors (Lipinski definition) is 4. The van der Waals surface area contributed by atoms with Gasteiger partial charge >= 0.3 is 0 Å². The quantitative estimate of drug-likeness (QED) is 0.514. The maximum atomic E-state index is 5.80. The molecule has 0 aliphatic rings. The van der Waals surface area contributed by atoms with Gasteiger partial charge in [-0.3, -0.25) is 10.1 Å². The van der Waals surface area contributed by atoms with Gasteiger partial charge in [0.15, 0.2) is 0 Å². The Hall–Kier alpha value is -2.17. The minimum Gasteiger partial charge on any atom is -0.397 e. The summed E-state index contributed by atoms with van der Waals surface area (Å²) in [5, 5.41) is 11.4. The van der Waals surface area contributed by atoms with E-state index in [0.29, 0.717) is 5.69 Å². The number of benzene rings is 1. The molecule has 0 radical (unpaired) electrons. The number of H-pyrrole nitrogens is 1. The predicted octanol–water partition coefficient (Wildman–Crippen LogP) is 1.09. The number of para-hydroxylation sites is 1. The minimum absolute atomic E-state index is 0.666. The van der Waals surface area contributed by atoms with Crippen molar-refractivity contribution in [1.29, 1.82) is 0 Å². The summed E-state index contributed by atoms with van der Waals surface area (Å²) in [6, 6.07) is 5.66. The lowest BCUT2D eigenvalue weighted by molar-refractivity contribution is 0.960. The molecule has 5 nitrogen and oxygen atoms in total. The topological polar surface area (TPSA) is 80.5 Å². The van der Waals surface area contributed by atoms with Crippen molar-refractivity contribution in [2.24, 2.45) is 0 Å². The van der Waals surface area contributed by atoms with Crippen LogP contribution in [-0.4, -0.2) is 20.4 Å². The first-order valence-electron chi connectivity index (χ1n) is 4.20. The highest BCUT2D eigenvalue weighted by Crippen LogP contribution is 2.23. The second kappa shape index (κ2) is 2.41. The molecular weight excluding hydrogens is 178 g/mol. The van der Waals surface area contributed by atoms with Gasteiger partial charge in [-0.15, -0.1) is 5.10 Å². The normalized spacial score (nSPS) is 11.1. The average Bonchev–Trinajstić information content (AvgIpc) is 2.66. The molecule has 3 aromatic rings. The molecule has 0 aliphatic heterocycles. The van der Waals surface area contributed by atoms with E-state index in [1.807, 2.05) is 18.2 Å². The lowest BCUT2D eigenvalue weighted by atomic mass is 10.2. The number of fused-ring (bicyclic) bond motifs is 3. The van der Waals surface area contributed by atoms with E-state index in [2.05, 4.69) is 20.4 Å². The minimum atomic E-state index is 0.666. The molecule has 1 aromatic carbocycles. The maximum absolute atomic E-state index is 5.80. The number of nitrogens with zero attached hydrogens (tertiary/aromatic N) is 3. The van der Waals surface area contributed by atoms with Gasteiger partial charge in [0.05, 0.1) is 22.9 Å². The van der Waals surface area contributed by atoms with Crippen molar-refractivity contribution in [2.75, 3.05) is 5.73 Å². The molecule has 2 heterocycles. The van der Waals surface area contributed by atoms with Gasteiger partial charge in [0.2, 0.25) is 0 Å². The number of nitrogen functional groups attached to an aromatic ring is 1. The van der Waals surface area contributed by atoms with Crippen LogP contribution < -0.4 is 5.73 Å². The van der Waals surface area contributed by atoms with Crippen molar-refractivity contribution in [3.63, 3.8) is 0 Å². The van der Waals surface area contributed by atoms with E-state index >= 15 is 0 Å². The molecule has 0 spiro atoms. The highest BCUT2D eigenvalue weighted by Gasteiger charge is 2.05. The zero-order chi connectivity index (χ0) is 9.54. The SMILES string of the molecule is Nc1cccc2c1ncc1nn[nH]c12. The average molecular weight is 185 g/mol. The van der Waals surface area contributed by atoms with Gasteiger partial charge in [0.1, 0.15) is 5.52 Å². The van der Waals surface area contributed by atoms with E-state index in [9.17, 15) is 0 Å². The fraction of sp³-hybridized carbons (Fsp3) is 0. The molecule has 0 saturated heterocycles. The lowest BCUT2D eigenvalue weighted by Crippen LogP contribution is -1.89. The van der Waals surface area contributed by atoms with Gasteiger partial charge in [0.25, 0.3) is 0 Å². The van der Waals surface area contributed by atoms with Gasteiger partial charge in [-0.25, -0.2) is 0 Å². The van der Waals surface area contributed by atoms with E-state index < -0.39 is 0 Å². The Bertz CT molecular complexity index is 613. The van der Waals surface area contributed by atoms with Crippen LogP contribution in [0.15, 0.2) is 24.4 Å². The van der Waals surface area contributed by atoms with Crippen LogP contribution in [0.5, 0.6) is 0 Å². The van der Waals surface area contributed by atoms with Crippen LogP contribution in [0, 0.1) is 0 Å². The molecule has 0 atom stereocenters. The van der Waals surface area contributed by atoms with E-state index in [4.69, 9.17) is 5.73 Å². The highest BCUT2D eigenvalue weighted by atomic mass is 15.3. The molecule has 68 valence electrons. The van der Waals surface area contributed by atoms with E-state index in [0.717, 1.165) is 21.9 Å². The molecule has 0 aliphatic carbocycles. The first-order chi connectivity index (χ1) is 6.86. The second-order valence-electron chi connectivity index (χ2n) is 3.07.